The Kier molecular flexibility index (Phi) is 4.76. The van der Waals surface area contributed by atoms with Gasteiger partial charge in [0.15, 0.2) is 9.84 Å². The third-order valence-corrected chi connectivity index (χ3v) is 3.75. The second-order valence-corrected chi connectivity index (χ2v) is 5.98. The molecule has 0 aliphatic carbocycles. The summed E-state index contributed by atoms with van der Waals surface area (Å²) in [4.78, 5) is 0. The number of rotatable bonds is 6. The highest BCUT2D eigenvalue weighted by Crippen LogP contribution is 2.08. The average Bonchev–Trinajstić information content (AvgIpc) is 2.16. The molecule has 0 aliphatic rings. The predicted octanol–water partition coefficient (Wildman–Crippen LogP) is 0.827. The molecule has 0 radical (unpaired) electrons. The Hall–Kier alpha value is -1.07. The van der Waals surface area contributed by atoms with Gasteiger partial charge in [-0.1, -0.05) is 18.2 Å². The van der Waals surface area contributed by atoms with Crippen LogP contribution >= 0.6 is 0 Å². The van der Waals surface area contributed by atoms with Crippen LogP contribution in [0, 0.1) is 0 Å². The van der Waals surface area contributed by atoms with Crippen LogP contribution in [0.1, 0.15) is 6.92 Å². The lowest BCUT2D eigenvalue weighted by Gasteiger charge is -2.08. The zero-order valence-corrected chi connectivity index (χ0v) is 10.1. The Morgan fingerprint density at radius 3 is 2.50 bits per heavy atom. The standard InChI is InChI=1S/C11H17NO3S/c1-10(12)9-16(13,14)8-7-15-11-5-3-2-4-6-11/h2-6,10H,7-9,12H2,1H3. The molecule has 0 aliphatic heterocycles. The van der Waals surface area contributed by atoms with Crippen LogP contribution in [-0.2, 0) is 9.84 Å². The molecule has 0 saturated carbocycles. The number of benzene rings is 1. The van der Waals surface area contributed by atoms with Crippen molar-refractivity contribution in [3.8, 4) is 5.75 Å². The normalized spacial score (nSPS) is 13.4. The lowest BCUT2D eigenvalue weighted by molar-refractivity contribution is 0.341. The molecule has 0 fully saturated rings. The van der Waals surface area contributed by atoms with Crippen LogP contribution in [-0.4, -0.2) is 32.6 Å². The van der Waals surface area contributed by atoms with Gasteiger partial charge in [-0.3, -0.25) is 0 Å². The van der Waals surface area contributed by atoms with E-state index >= 15 is 0 Å². The fraction of sp³-hybridized carbons (Fsp3) is 0.455. The van der Waals surface area contributed by atoms with Gasteiger partial charge in [0.25, 0.3) is 0 Å². The van der Waals surface area contributed by atoms with E-state index in [0.717, 1.165) is 0 Å². The second-order valence-electron chi connectivity index (χ2n) is 3.75. The zero-order valence-electron chi connectivity index (χ0n) is 9.30. The third-order valence-electron chi connectivity index (χ3n) is 1.92. The van der Waals surface area contributed by atoms with Crippen LogP contribution in [0.15, 0.2) is 30.3 Å². The zero-order chi connectivity index (χ0) is 12.0. The van der Waals surface area contributed by atoms with Gasteiger partial charge in [0.1, 0.15) is 12.4 Å². The summed E-state index contributed by atoms with van der Waals surface area (Å²) >= 11 is 0. The molecule has 1 unspecified atom stereocenters. The van der Waals surface area contributed by atoms with Gasteiger partial charge in [0.05, 0.1) is 11.5 Å². The summed E-state index contributed by atoms with van der Waals surface area (Å²) in [5.41, 5.74) is 5.44. The van der Waals surface area contributed by atoms with Crippen molar-refractivity contribution in [3.05, 3.63) is 30.3 Å². The number of hydrogen-bond donors (Lipinski definition) is 1. The molecular weight excluding hydrogens is 226 g/mol. The summed E-state index contributed by atoms with van der Waals surface area (Å²) < 4.78 is 28.2. The maximum atomic E-state index is 11.5. The molecule has 1 aromatic carbocycles. The van der Waals surface area contributed by atoms with Crippen LogP contribution in [0.4, 0.5) is 0 Å². The van der Waals surface area contributed by atoms with Gasteiger partial charge in [-0.25, -0.2) is 8.42 Å². The molecule has 2 N–H and O–H groups in total. The first kappa shape index (κ1) is 13.0. The van der Waals surface area contributed by atoms with E-state index in [-0.39, 0.29) is 24.2 Å². The van der Waals surface area contributed by atoms with Crippen molar-refractivity contribution in [3.63, 3.8) is 0 Å². The molecule has 1 aromatic rings. The number of ether oxygens (including phenoxy) is 1. The molecule has 0 spiro atoms. The Morgan fingerprint density at radius 1 is 1.31 bits per heavy atom. The quantitative estimate of drug-likeness (QED) is 0.803. The van der Waals surface area contributed by atoms with E-state index in [2.05, 4.69) is 0 Å². The molecule has 0 bridgehead atoms. The van der Waals surface area contributed by atoms with E-state index in [0.29, 0.717) is 5.75 Å². The first-order valence-corrected chi connectivity index (χ1v) is 6.95. The summed E-state index contributed by atoms with van der Waals surface area (Å²) in [6, 6.07) is 8.80. The van der Waals surface area contributed by atoms with Gasteiger partial charge in [-0.2, -0.15) is 0 Å². The van der Waals surface area contributed by atoms with Gasteiger partial charge >= 0.3 is 0 Å². The monoisotopic (exact) mass is 243 g/mol. The molecule has 0 amide bonds. The van der Waals surface area contributed by atoms with Crippen molar-refractivity contribution >= 4 is 9.84 Å². The van der Waals surface area contributed by atoms with Gasteiger partial charge in [0.2, 0.25) is 0 Å². The lowest BCUT2D eigenvalue weighted by Crippen LogP contribution is -2.29. The highest BCUT2D eigenvalue weighted by atomic mass is 32.2. The summed E-state index contributed by atoms with van der Waals surface area (Å²) in [5.74, 6) is 0.688. The van der Waals surface area contributed by atoms with E-state index in [1.54, 1.807) is 19.1 Å². The summed E-state index contributed by atoms with van der Waals surface area (Å²) in [6.07, 6.45) is 0. The van der Waals surface area contributed by atoms with Crippen molar-refractivity contribution in [2.45, 2.75) is 13.0 Å². The molecule has 4 nitrogen and oxygen atoms in total. The van der Waals surface area contributed by atoms with E-state index in [4.69, 9.17) is 10.5 Å². The van der Waals surface area contributed by atoms with Crippen molar-refractivity contribution in [1.82, 2.24) is 0 Å². The minimum absolute atomic E-state index is 0.00341. The highest BCUT2D eigenvalue weighted by molar-refractivity contribution is 7.91. The number of hydrogen-bond acceptors (Lipinski definition) is 4. The predicted molar refractivity (Wildman–Crippen MR) is 64.2 cm³/mol. The Labute approximate surface area is 96.3 Å². The van der Waals surface area contributed by atoms with Gasteiger partial charge in [-0.15, -0.1) is 0 Å². The lowest BCUT2D eigenvalue weighted by atomic mass is 10.3. The van der Waals surface area contributed by atoms with Crippen LogP contribution in [0.2, 0.25) is 0 Å². The Morgan fingerprint density at radius 2 is 1.94 bits per heavy atom. The number of sulfone groups is 1. The minimum atomic E-state index is -3.10. The molecule has 1 rings (SSSR count). The Balaban J connectivity index is 2.36. The average molecular weight is 243 g/mol. The van der Waals surface area contributed by atoms with Crippen molar-refractivity contribution in [2.75, 3.05) is 18.1 Å². The van der Waals surface area contributed by atoms with E-state index in [1.165, 1.54) is 0 Å². The summed E-state index contributed by atoms with van der Waals surface area (Å²) in [7, 11) is -3.10. The molecule has 90 valence electrons. The van der Waals surface area contributed by atoms with Crippen LogP contribution in [0.3, 0.4) is 0 Å². The summed E-state index contributed by atoms with van der Waals surface area (Å²) in [6.45, 7) is 1.84. The topological polar surface area (TPSA) is 69.4 Å². The second kappa shape index (κ2) is 5.86. The minimum Gasteiger partial charge on any atom is -0.493 e. The van der Waals surface area contributed by atoms with Gasteiger partial charge in [0, 0.05) is 6.04 Å². The number of nitrogens with two attached hydrogens (primary N) is 1. The van der Waals surface area contributed by atoms with Crippen LogP contribution in [0.5, 0.6) is 5.75 Å². The first-order chi connectivity index (χ1) is 7.49. The maximum Gasteiger partial charge on any atom is 0.155 e. The fourth-order valence-electron chi connectivity index (χ4n) is 1.29. The smallest absolute Gasteiger partial charge is 0.155 e. The fourth-order valence-corrected chi connectivity index (χ4v) is 2.59. The highest BCUT2D eigenvalue weighted by Gasteiger charge is 2.13. The molecule has 0 saturated heterocycles. The Bertz CT molecular complexity index is 400. The molecular formula is C11H17NO3S. The molecule has 16 heavy (non-hydrogen) atoms. The van der Waals surface area contributed by atoms with Crippen LogP contribution in [0.25, 0.3) is 0 Å². The first-order valence-electron chi connectivity index (χ1n) is 5.13. The molecule has 5 heteroatoms. The number of para-hydroxylation sites is 1. The van der Waals surface area contributed by atoms with E-state index in [9.17, 15) is 8.42 Å². The molecule has 1 atom stereocenters. The van der Waals surface area contributed by atoms with Gasteiger partial charge < -0.3 is 10.5 Å². The SMILES string of the molecule is CC(N)CS(=O)(=O)CCOc1ccccc1. The largest absolute Gasteiger partial charge is 0.493 e. The van der Waals surface area contributed by atoms with E-state index in [1.807, 2.05) is 18.2 Å². The summed E-state index contributed by atoms with van der Waals surface area (Å²) in [5, 5.41) is 0. The van der Waals surface area contributed by atoms with Gasteiger partial charge in [-0.05, 0) is 19.1 Å². The molecule has 0 aromatic heterocycles. The van der Waals surface area contributed by atoms with E-state index < -0.39 is 9.84 Å². The van der Waals surface area contributed by atoms with Crippen LogP contribution < -0.4 is 10.5 Å². The maximum absolute atomic E-state index is 11.5. The van der Waals surface area contributed by atoms with Crippen molar-refractivity contribution in [1.29, 1.82) is 0 Å². The molecule has 0 heterocycles. The van der Waals surface area contributed by atoms with Crippen molar-refractivity contribution in [2.24, 2.45) is 5.73 Å². The third kappa shape index (κ3) is 5.14. The van der Waals surface area contributed by atoms with Crippen molar-refractivity contribution < 1.29 is 13.2 Å².